The monoisotopic (exact) mass is 432 g/mol. The van der Waals surface area contributed by atoms with Crippen LogP contribution in [0.2, 0.25) is 0 Å². The van der Waals surface area contributed by atoms with Gasteiger partial charge in [0.1, 0.15) is 16.9 Å². The summed E-state index contributed by atoms with van der Waals surface area (Å²) in [4.78, 5) is 31.3. The lowest BCUT2D eigenvalue weighted by Gasteiger charge is -2.25. The summed E-state index contributed by atoms with van der Waals surface area (Å²) in [5, 5.41) is 7.30. The van der Waals surface area contributed by atoms with E-state index in [1.807, 2.05) is 12.1 Å². The van der Waals surface area contributed by atoms with Gasteiger partial charge >= 0.3 is 0 Å². The second kappa shape index (κ2) is 6.44. The van der Waals surface area contributed by atoms with Gasteiger partial charge in [0, 0.05) is 49.5 Å². The molecular formula is C23H24N6O3. The van der Waals surface area contributed by atoms with Crippen LogP contribution in [0.1, 0.15) is 29.8 Å². The van der Waals surface area contributed by atoms with E-state index in [9.17, 15) is 9.59 Å². The van der Waals surface area contributed by atoms with E-state index in [0.29, 0.717) is 11.2 Å². The van der Waals surface area contributed by atoms with Crippen molar-refractivity contribution in [3.63, 3.8) is 0 Å². The highest BCUT2D eigenvalue weighted by molar-refractivity contribution is 6.09. The first-order valence-corrected chi connectivity index (χ1v) is 10.8. The normalized spacial score (nSPS) is 24.7. The van der Waals surface area contributed by atoms with E-state index in [4.69, 9.17) is 10.5 Å². The Hall–Kier alpha value is -3.62. The van der Waals surface area contributed by atoms with Crippen molar-refractivity contribution < 1.29 is 14.3 Å². The second-order valence-corrected chi connectivity index (χ2v) is 9.58. The van der Waals surface area contributed by atoms with Gasteiger partial charge in [0.25, 0.3) is 5.91 Å². The molecule has 32 heavy (non-hydrogen) atoms. The van der Waals surface area contributed by atoms with E-state index in [1.165, 1.54) is 6.20 Å². The van der Waals surface area contributed by atoms with Crippen LogP contribution in [0.5, 0.6) is 5.75 Å². The van der Waals surface area contributed by atoms with Crippen LogP contribution in [0.3, 0.4) is 0 Å². The Morgan fingerprint density at radius 3 is 2.78 bits per heavy atom. The summed E-state index contributed by atoms with van der Waals surface area (Å²) in [6.45, 7) is 5.58. The molecule has 2 amide bonds. The number of rotatable bonds is 4. The van der Waals surface area contributed by atoms with Crippen molar-refractivity contribution in [2.24, 2.45) is 23.5 Å². The Balaban J connectivity index is 1.34. The maximum absolute atomic E-state index is 13.2. The highest BCUT2D eigenvalue weighted by atomic mass is 16.5. The molecular weight excluding hydrogens is 408 g/mol. The Morgan fingerprint density at radius 1 is 1.25 bits per heavy atom. The molecule has 0 radical (unpaired) electrons. The van der Waals surface area contributed by atoms with Gasteiger partial charge in [-0.05, 0) is 37.8 Å². The third-order valence-electron chi connectivity index (χ3n) is 6.82. The van der Waals surface area contributed by atoms with Gasteiger partial charge in [-0.3, -0.25) is 9.59 Å². The first-order valence-electron chi connectivity index (χ1n) is 10.8. The summed E-state index contributed by atoms with van der Waals surface area (Å²) in [7, 11) is 0. The average Bonchev–Trinajstić information content (AvgIpc) is 3.07. The predicted octanol–water partition coefficient (Wildman–Crippen LogP) is 1.86. The number of aromatic nitrogens is 3. The summed E-state index contributed by atoms with van der Waals surface area (Å²) in [6.07, 6.45) is 5.68. The Morgan fingerprint density at radius 2 is 2.03 bits per heavy atom. The lowest BCUT2D eigenvalue weighted by molar-refractivity contribution is -0.119. The number of fused-ring (bicyclic) bond motifs is 3. The molecule has 2 aliphatic heterocycles. The topological polar surface area (TPSA) is 115 Å². The predicted molar refractivity (Wildman–Crippen MR) is 118 cm³/mol. The van der Waals surface area contributed by atoms with E-state index >= 15 is 0 Å². The molecule has 0 unspecified atom stereocenters. The van der Waals surface area contributed by atoms with Crippen LogP contribution in [-0.2, 0) is 11.2 Å². The van der Waals surface area contributed by atoms with Crippen molar-refractivity contribution in [2.45, 2.75) is 25.9 Å². The Bertz CT molecular complexity index is 1270. The molecule has 3 atom stereocenters. The summed E-state index contributed by atoms with van der Waals surface area (Å²) in [5.41, 5.74) is 8.83. The molecule has 3 aromatic rings. The van der Waals surface area contributed by atoms with Crippen LogP contribution >= 0.6 is 0 Å². The Kier molecular flexibility index (Phi) is 3.84. The van der Waals surface area contributed by atoms with Gasteiger partial charge < -0.3 is 20.7 Å². The van der Waals surface area contributed by atoms with E-state index in [2.05, 4.69) is 34.1 Å². The van der Waals surface area contributed by atoms with Crippen molar-refractivity contribution in [3.05, 3.63) is 47.9 Å². The number of amides is 2. The zero-order valence-corrected chi connectivity index (χ0v) is 17.9. The zero-order chi connectivity index (χ0) is 22.2. The fraction of sp³-hybridized carbons (Fsp3) is 0.391. The van der Waals surface area contributed by atoms with Crippen molar-refractivity contribution >= 4 is 28.8 Å². The van der Waals surface area contributed by atoms with Crippen molar-refractivity contribution in [2.75, 3.05) is 23.3 Å². The number of hydrogen-bond acceptors (Lipinski definition) is 6. The van der Waals surface area contributed by atoms with Crippen LogP contribution in [0.25, 0.3) is 5.65 Å². The highest BCUT2D eigenvalue weighted by Crippen LogP contribution is 2.54. The minimum absolute atomic E-state index is 0.0289. The average molecular weight is 432 g/mol. The van der Waals surface area contributed by atoms with Crippen molar-refractivity contribution in [1.82, 2.24) is 14.6 Å². The van der Waals surface area contributed by atoms with E-state index in [0.717, 1.165) is 42.2 Å². The molecule has 4 heterocycles. The van der Waals surface area contributed by atoms with Crippen LogP contribution in [-0.4, -0.2) is 45.1 Å². The number of carbonyl (C=O) groups is 2. The third kappa shape index (κ3) is 2.91. The minimum Gasteiger partial charge on any atom is -0.487 e. The number of nitrogens with one attached hydrogen (secondary N) is 1. The van der Waals surface area contributed by atoms with Gasteiger partial charge in [-0.2, -0.15) is 5.10 Å². The molecule has 1 saturated heterocycles. The smallest absolute Gasteiger partial charge is 0.261 e. The van der Waals surface area contributed by atoms with E-state index in [-0.39, 0.29) is 35.2 Å². The highest BCUT2D eigenvalue weighted by Gasteiger charge is 2.59. The fourth-order valence-electron chi connectivity index (χ4n) is 5.32. The fourth-order valence-corrected chi connectivity index (χ4v) is 5.32. The number of benzene rings is 1. The molecule has 1 aromatic carbocycles. The molecule has 9 nitrogen and oxygen atoms in total. The van der Waals surface area contributed by atoms with Gasteiger partial charge in [-0.15, -0.1) is 0 Å². The van der Waals surface area contributed by atoms with Crippen molar-refractivity contribution in [1.29, 1.82) is 0 Å². The van der Waals surface area contributed by atoms with Crippen LogP contribution in [0.15, 0.2) is 36.8 Å². The molecule has 2 aromatic heterocycles. The standard InChI is InChI=1S/C23H24N6O3/c1-23(2)8-12-6-16(27-22(31)13-9-26-29-5-3-4-25-21(13)29)17(7-18(12)32-23)28-10-14-15(11-28)19(14)20(24)30/h3-7,9,14-15,19H,8,10-11H2,1-2H3,(H2,24,30)(H,27,31)/t14-,15+,19-. The summed E-state index contributed by atoms with van der Waals surface area (Å²) in [6, 6.07) is 5.78. The minimum atomic E-state index is -0.293. The molecule has 0 spiro atoms. The molecule has 3 aliphatic rings. The number of nitrogens with zero attached hydrogens (tertiary/aromatic N) is 4. The zero-order valence-electron chi connectivity index (χ0n) is 17.9. The van der Waals surface area contributed by atoms with E-state index < -0.39 is 0 Å². The largest absolute Gasteiger partial charge is 0.487 e. The quantitative estimate of drug-likeness (QED) is 0.650. The number of nitrogens with two attached hydrogens (primary N) is 1. The molecule has 6 rings (SSSR count). The number of carbonyl (C=O) groups excluding carboxylic acids is 2. The number of ether oxygens (including phenoxy) is 1. The molecule has 1 saturated carbocycles. The molecule has 0 bridgehead atoms. The van der Waals surface area contributed by atoms with Gasteiger partial charge in [0.15, 0.2) is 5.65 Å². The maximum Gasteiger partial charge on any atom is 0.261 e. The molecule has 9 heteroatoms. The van der Waals surface area contributed by atoms with Crippen molar-refractivity contribution in [3.8, 4) is 5.75 Å². The number of primary amides is 1. The van der Waals surface area contributed by atoms with Gasteiger partial charge in [0.05, 0.1) is 17.6 Å². The lowest BCUT2D eigenvalue weighted by atomic mass is 10.0. The van der Waals surface area contributed by atoms with Crippen LogP contribution in [0, 0.1) is 17.8 Å². The Labute approximate surface area is 184 Å². The first-order chi connectivity index (χ1) is 15.3. The van der Waals surface area contributed by atoms with Gasteiger partial charge in [-0.25, -0.2) is 9.50 Å². The summed E-state index contributed by atoms with van der Waals surface area (Å²) < 4.78 is 7.72. The number of hydrogen-bond donors (Lipinski definition) is 2. The molecule has 3 N–H and O–H groups in total. The molecule has 164 valence electrons. The SMILES string of the molecule is CC1(C)Cc2cc(NC(=O)c3cnn4cccnc34)c(N3C[C@@H]4[C@H](C3)[C@@H]4C(N)=O)cc2O1. The summed E-state index contributed by atoms with van der Waals surface area (Å²) >= 11 is 0. The first kappa shape index (κ1) is 19.1. The number of piperidine rings is 1. The van der Waals surface area contributed by atoms with Gasteiger partial charge in [0.2, 0.25) is 5.91 Å². The second-order valence-electron chi connectivity index (χ2n) is 9.58. The molecule has 2 fully saturated rings. The molecule has 1 aliphatic carbocycles. The third-order valence-corrected chi connectivity index (χ3v) is 6.82. The van der Waals surface area contributed by atoms with Crippen LogP contribution in [0.4, 0.5) is 11.4 Å². The van der Waals surface area contributed by atoms with Gasteiger partial charge in [-0.1, -0.05) is 0 Å². The lowest BCUT2D eigenvalue weighted by Crippen LogP contribution is -2.29. The van der Waals surface area contributed by atoms with Crippen LogP contribution < -0.4 is 20.7 Å². The number of anilines is 2. The summed E-state index contributed by atoms with van der Waals surface area (Å²) in [5.74, 6) is 0.896. The van der Waals surface area contributed by atoms with E-state index in [1.54, 1.807) is 23.0 Å². The maximum atomic E-state index is 13.2.